The van der Waals surface area contributed by atoms with Gasteiger partial charge in [-0.25, -0.2) is 9.18 Å². The molecule has 5 heteroatoms. The van der Waals surface area contributed by atoms with E-state index >= 15 is 0 Å². The summed E-state index contributed by atoms with van der Waals surface area (Å²) in [4.78, 5) is 25.4. The Kier molecular flexibility index (Phi) is 6.85. The topological polar surface area (TPSA) is 55.4 Å². The molecule has 0 saturated heterocycles. The molecule has 0 aromatic heterocycles. The molecule has 1 amide bonds. The van der Waals surface area contributed by atoms with Crippen LogP contribution in [0.4, 0.5) is 10.1 Å². The summed E-state index contributed by atoms with van der Waals surface area (Å²) >= 11 is 0. The Bertz CT molecular complexity index is 1050. The first-order valence-corrected chi connectivity index (χ1v) is 10.2. The van der Waals surface area contributed by atoms with E-state index in [0.717, 1.165) is 11.1 Å². The lowest BCUT2D eigenvalue weighted by Crippen LogP contribution is -2.25. The fraction of sp³-hybridized carbons (Fsp3) is 0.231. The van der Waals surface area contributed by atoms with Crippen molar-refractivity contribution < 1.29 is 18.7 Å². The third-order valence-corrected chi connectivity index (χ3v) is 4.60. The molecule has 31 heavy (non-hydrogen) atoms. The number of carbonyl (C=O) groups is 2. The van der Waals surface area contributed by atoms with Crippen molar-refractivity contribution in [2.45, 2.75) is 39.2 Å². The maximum Gasteiger partial charge on any atom is 0.340 e. The number of hydrogen-bond acceptors (Lipinski definition) is 3. The molecule has 0 aliphatic carbocycles. The zero-order valence-corrected chi connectivity index (χ0v) is 17.9. The summed E-state index contributed by atoms with van der Waals surface area (Å²) in [7, 11) is 0. The first-order valence-electron chi connectivity index (χ1n) is 10.2. The third kappa shape index (κ3) is 6.51. The van der Waals surface area contributed by atoms with Gasteiger partial charge in [0.1, 0.15) is 11.4 Å². The highest BCUT2D eigenvalue weighted by molar-refractivity contribution is 6.08. The maximum atomic E-state index is 13.1. The lowest BCUT2D eigenvalue weighted by molar-refractivity contribution is 0.00707. The van der Waals surface area contributed by atoms with Gasteiger partial charge in [0.05, 0.1) is 11.3 Å². The van der Waals surface area contributed by atoms with E-state index in [0.29, 0.717) is 29.7 Å². The van der Waals surface area contributed by atoms with Gasteiger partial charge in [0.25, 0.3) is 5.91 Å². The summed E-state index contributed by atoms with van der Waals surface area (Å²) in [5, 5.41) is 2.85. The van der Waals surface area contributed by atoms with Crippen molar-refractivity contribution in [2.24, 2.45) is 0 Å². The second-order valence-corrected chi connectivity index (χ2v) is 8.33. The van der Waals surface area contributed by atoms with Gasteiger partial charge in [0.2, 0.25) is 0 Å². The minimum absolute atomic E-state index is 0.267. The molecule has 0 aliphatic heterocycles. The van der Waals surface area contributed by atoms with Gasteiger partial charge in [-0.05, 0) is 81.1 Å². The lowest BCUT2D eigenvalue weighted by atomic mass is 10.0. The van der Waals surface area contributed by atoms with E-state index < -0.39 is 11.6 Å². The minimum Gasteiger partial charge on any atom is -0.456 e. The van der Waals surface area contributed by atoms with E-state index in [9.17, 15) is 14.0 Å². The number of nitrogens with one attached hydrogen (secondary N) is 1. The Labute approximate surface area is 182 Å². The van der Waals surface area contributed by atoms with Gasteiger partial charge in [0.15, 0.2) is 0 Å². The summed E-state index contributed by atoms with van der Waals surface area (Å²) < 4.78 is 18.6. The van der Waals surface area contributed by atoms with Gasteiger partial charge in [-0.15, -0.1) is 0 Å². The van der Waals surface area contributed by atoms with Crippen molar-refractivity contribution in [3.63, 3.8) is 0 Å². The van der Waals surface area contributed by atoms with Crippen molar-refractivity contribution in [1.82, 2.24) is 0 Å². The number of ether oxygens (including phenoxy) is 1. The zero-order chi connectivity index (χ0) is 22.4. The number of hydrogen-bond donors (Lipinski definition) is 1. The number of anilines is 1. The van der Waals surface area contributed by atoms with E-state index in [1.54, 1.807) is 69.3 Å². The van der Waals surface area contributed by atoms with E-state index in [2.05, 4.69) is 5.32 Å². The quantitative estimate of drug-likeness (QED) is 0.512. The van der Waals surface area contributed by atoms with Crippen LogP contribution in [0.3, 0.4) is 0 Å². The summed E-state index contributed by atoms with van der Waals surface area (Å²) in [5.74, 6) is -1.07. The Balaban J connectivity index is 1.85. The first kappa shape index (κ1) is 22.2. The van der Waals surface area contributed by atoms with E-state index in [4.69, 9.17) is 4.74 Å². The Hall–Kier alpha value is -3.47. The highest BCUT2D eigenvalue weighted by Crippen LogP contribution is 2.23. The fourth-order valence-electron chi connectivity index (χ4n) is 3.09. The predicted octanol–water partition coefficient (Wildman–Crippen LogP) is 5.82. The molecule has 0 aliphatic rings. The second kappa shape index (κ2) is 9.56. The van der Waals surface area contributed by atoms with Crippen LogP contribution < -0.4 is 5.32 Å². The molecular weight excluding hydrogens is 393 g/mol. The third-order valence-electron chi connectivity index (χ3n) is 4.60. The molecule has 0 radical (unpaired) electrons. The molecule has 0 unspecified atom stereocenters. The number of esters is 1. The average Bonchev–Trinajstić information content (AvgIpc) is 2.73. The van der Waals surface area contributed by atoms with Crippen molar-refractivity contribution in [2.75, 3.05) is 5.32 Å². The van der Waals surface area contributed by atoms with Crippen LogP contribution in [0, 0.1) is 5.82 Å². The van der Waals surface area contributed by atoms with Crippen LogP contribution in [0.2, 0.25) is 0 Å². The van der Waals surface area contributed by atoms with Crippen LogP contribution in [0.5, 0.6) is 0 Å². The average molecular weight is 419 g/mol. The van der Waals surface area contributed by atoms with Gasteiger partial charge in [-0.2, -0.15) is 0 Å². The number of amides is 1. The smallest absolute Gasteiger partial charge is 0.340 e. The molecule has 3 aromatic carbocycles. The molecule has 0 fully saturated rings. The highest BCUT2D eigenvalue weighted by atomic mass is 19.1. The van der Waals surface area contributed by atoms with Gasteiger partial charge in [-0.3, -0.25) is 4.79 Å². The number of carbonyl (C=O) groups excluding carboxylic acids is 2. The van der Waals surface area contributed by atoms with Crippen LogP contribution in [0.25, 0.3) is 0 Å². The van der Waals surface area contributed by atoms with Gasteiger partial charge in [-0.1, -0.05) is 36.4 Å². The molecule has 0 atom stereocenters. The van der Waals surface area contributed by atoms with Crippen molar-refractivity contribution in [1.29, 1.82) is 0 Å². The predicted molar refractivity (Wildman–Crippen MR) is 120 cm³/mol. The molecule has 0 heterocycles. The van der Waals surface area contributed by atoms with Crippen molar-refractivity contribution in [3.8, 4) is 0 Å². The first-order chi connectivity index (χ1) is 14.7. The maximum absolute atomic E-state index is 13.1. The Morgan fingerprint density at radius 2 is 1.48 bits per heavy atom. The fourth-order valence-corrected chi connectivity index (χ4v) is 3.09. The zero-order valence-electron chi connectivity index (χ0n) is 17.9. The van der Waals surface area contributed by atoms with E-state index in [1.165, 1.54) is 12.1 Å². The van der Waals surface area contributed by atoms with Crippen LogP contribution in [0.1, 0.15) is 52.6 Å². The second-order valence-electron chi connectivity index (χ2n) is 8.33. The monoisotopic (exact) mass is 419 g/mol. The van der Waals surface area contributed by atoms with Crippen molar-refractivity contribution in [3.05, 3.63) is 101 Å². The number of benzene rings is 3. The van der Waals surface area contributed by atoms with Crippen LogP contribution in [-0.2, 0) is 17.6 Å². The van der Waals surface area contributed by atoms with E-state index in [1.807, 2.05) is 12.1 Å². The number of halogens is 1. The normalized spacial score (nSPS) is 11.1. The summed E-state index contributed by atoms with van der Waals surface area (Å²) in [6, 6.07) is 20.5. The molecule has 1 N–H and O–H groups in total. The molecule has 0 saturated carbocycles. The van der Waals surface area contributed by atoms with Gasteiger partial charge >= 0.3 is 5.97 Å². The number of rotatable bonds is 6. The number of aryl methyl sites for hydroxylation is 2. The molecule has 0 bridgehead atoms. The van der Waals surface area contributed by atoms with Gasteiger partial charge < -0.3 is 10.1 Å². The lowest BCUT2D eigenvalue weighted by Gasteiger charge is -2.21. The Morgan fingerprint density at radius 3 is 2.13 bits per heavy atom. The van der Waals surface area contributed by atoms with Crippen LogP contribution in [-0.4, -0.2) is 17.5 Å². The standard InChI is InChI=1S/C26H26FNO3/c1-26(2,3)31-25(30)22-16-13-19(10-9-18-11-14-21(27)15-12-18)17-23(22)28-24(29)20-7-5-4-6-8-20/h4-8,11-17H,9-10H2,1-3H3,(H,28,29). The largest absolute Gasteiger partial charge is 0.456 e. The Morgan fingerprint density at radius 1 is 0.871 bits per heavy atom. The molecule has 0 spiro atoms. The molecule has 4 nitrogen and oxygen atoms in total. The van der Waals surface area contributed by atoms with Crippen molar-refractivity contribution >= 4 is 17.6 Å². The van der Waals surface area contributed by atoms with Crippen LogP contribution >= 0.6 is 0 Å². The summed E-state index contributed by atoms with van der Waals surface area (Å²) in [6.45, 7) is 5.39. The van der Waals surface area contributed by atoms with Crippen LogP contribution in [0.15, 0.2) is 72.8 Å². The molecule has 160 valence electrons. The summed E-state index contributed by atoms with van der Waals surface area (Å²) in [5.41, 5.74) is 2.49. The SMILES string of the molecule is CC(C)(C)OC(=O)c1ccc(CCc2ccc(F)cc2)cc1NC(=O)c1ccccc1. The van der Waals surface area contributed by atoms with E-state index in [-0.39, 0.29) is 11.7 Å². The highest BCUT2D eigenvalue weighted by Gasteiger charge is 2.22. The van der Waals surface area contributed by atoms with Gasteiger partial charge in [0, 0.05) is 5.56 Å². The molecule has 3 rings (SSSR count). The summed E-state index contributed by atoms with van der Waals surface area (Å²) in [6.07, 6.45) is 1.38. The minimum atomic E-state index is -0.654. The molecular formula is C26H26FNO3. The molecule has 3 aromatic rings.